The molecule has 1 heterocycles. The van der Waals surface area contributed by atoms with Crippen LogP contribution >= 0.6 is 0 Å². The largest absolute Gasteiger partial charge is 0.508 e. The van der Waals surface area contributed by atoms with Gasteiger partial charge in [-0.3, -0.25) is 0 Å². The Morgan fingerprint density at radius 3 is 2.62 bits per heavy atom. The number of phenolic OH excluding ortho intramolecular Hbond substituents is 1. The molecule has 1 N–H and O–H groups in total. The third-order valence-corrected chi connectivity index (χ3v) is 3.06. The van der Waals surface area contributed by atoms with Gasteiger partial charge in [-0.2, -0.15) is 0 Å². The zero-order valence-electron chi connectivity index (χ0n) is 12.2. The molecular weight excluding hydrogens is 270 g/mol. The van der Waals surface area contributed by atoms with Crippen LogP contribution < -0.4 is 0 Å². The second kappa shape index (κ2) is 6.88. The minimum atomic E-state index is -0.432. The van der Waals surface area contributed by atoms with Crippen molar-refractivity contribution in [3.05, 3.63) is 41.2 Å². The molecule has 1 aromatic heterocycles. The van der Waals surface area contributed by atoms with Gasteiger partial charge in [-0.05, 0) is 31.0 Å². The number of carbonyl (C=O) groups excluding carboxylic acids is 1. The summed E-state index contributed by atoms with van der Waals surface area (Å²) in [7, 11) is 0. The summed E-state index contributed by atoms with van der Waals surface area (Å²) in [4.78, 5) is 11.9. The molecule has 0 atom stereocenters. The molecule has 0 saturated carbocycles. The van der Waals surface area contributed by atoms with Crippen molar-refractivity contribution in [1.29, 1.82) is 0 Å². The number of carbonyl (C=O) groups is 1. The van der Waals surface area contributed by atoms with E-state index in [1.165, 1.54) is 0 Å². The minimum Gasteiger partial charge on any atom is -0.508 e. The van der Waals surface area contributed by atoms with Crippen LogP contribution in [0.4, 0.5) is 0 Å². The molecule has 0 saturated heterocycles. The van der Waals surface area contributed by atoms with Gasteiger partial charge in [0.2, 0.25) is 0 Å². The van der Waals surface area contributed by atoms with Crippen LogP contribution in [0.5, 0.6) is 5.75 Å². The Morgan fingerprint density at radius 2 is 2.00 bits per heavy atom. The van der Waals surface area contributed by atoms with Crippen LogP contribution in [-0.2, 0) is 17.7 Å². The van der Waals surface area contributed by atoms with Crippen molar-refractivity contribution < 1.29 is 14.6 Å². The van der Waals surface area contributed by atoms with E-state index in [-0.39, 0.29) is 11.4 Å². The van der Waals surface area contributed by atoms with Crippen molar-refractivity contribution in [2.75, 3.05) is 6.61 Å². The number of benzene rings is 1. The lowest BCUT2D eigenvalue weighted by molar-refractivity contribution is 0.0518. The van der Waals surface area contributed by atoms with Crippen molar-refractivity contribution in [1.82, 2.24) is 15.0 Å². The van der Waals surface area contributed by atoms with Gasteiger partial charge >= 0.3 is 5.97 Å². The Kier molecular flexibility index (Phi) is 4.92. The highest BCUT2D eigenvalue weighted by Crippen LogP contribution is 2.14. The zero-order valence-corrected chi connectivity index (χ0v) is 12.2. The number of phenols is 1. The summed E-state index contributed by atoms with van der Waals surface area (Å²) in [5.41, 5.74) is 2.05. The van der Waals surface area contributed by atoms with Gasteiger partial charge in [0, 0.05) is 0 Å². The molecule has 0 aliphatic carbocycles. The van der Waals surface area contributed by atoms with Crippen LogP contribution in [0.3, 0.4) is 0 Å². The van der Waals surface area contributed by atoms with Gasteiger partial charge in [0.05, 0.1) is 18.8 Å². The van der Waals surface area contributed by atoms with Gasteiger partial charge in [0.25, 0.3) is 0 Å². The molecule has 0 amide bonds. The van der Waals surface area contributed by atoms with Gasteiger partial charge in [0.15, 0.2) is 5.69 Å². The van der Waals surface area contributed by atoms with E-state index in [4.69, 9.17) is 4.74 Å². The van der Waals surface area contributed by atoms with Crippen molar-refractivity contribution in [2.24, 2.45) is 0 Å². The van der Waals surface area contributed by atoms with Crippen LogP contribution in [-0.4, -0.2) is 32.7 Å². The van der Waals surface area contributed by atoms with E-state index in [1.807, 2.05) is 19.1 Å². The third-order valence-electron chi connectivity index (χ3n) is 3.06. The summed E-state index contributed by atoms with van der Waals surface area (Å²) in [5, 5.41) is 17.3. The Balaban J connectivity index is 2.26. The molecule has 0 aliphatic heterocycles. The molecule has 0 spiro atoms. The maximum Gasteiger partial charge on any atom is 0.360 e. The topological polar surface area (TPSA) is 77.2 Å². The fourth-order valence-corrected chi connectivity index (χ4v) is 2.08. The fourth-order valence-electron chi connectivity index (χ4n) is 2.08. The lowest BCUT2D eigenvalue weighted by Crippen LogP contribution is -2.11. The summed E-state index contributed by atoms with van der Waals surface area (Å²) < 4.78 is 6.72. The van der Waals surface area contributed by atoms with Gasteiger partial charge in [0.1, 0.15) is 5.75 Å². The summed E-state index contributed by atoms with van der Waals surface area (Å²) in [6.45, 7) is 4.61. The Labute approximate surface area is 123 Å². The van der Waals surface area contributed by atoms with Crippen LogP contribution in [0.15, 0.2) is 24.3 Å². The number of hydrogen-bond donors (Lipinski definition) is 1. The zero-order chi connectivity index (χ0) is 15.2. The van der Waals surface area contributed by atoms with Crippen molar-refractivity contribution in [2.45, 2.75) is 33.2 Å². The average Bonchev–Trinajstić information content (AvgIpc) is 2.85. The second-order valence-corrected chi connectivity index (χ2v) is 4.68. The van der Waals surface area contributed by atoms with E-state index in [9.17, 15) is 9.90 Å². The first-order valence-electron chi connectivity index (χ1n) is 7.03. The predicted molar refractivity (Wildman–Crippen MR) is 77.2 cm³/mol. The van der Waals surface area contributed by atoms with Crippen molar-refractivity contribution in [3.63, 3.8) is 0 Å². The SMILES string of the molecule is CCCc1c(C(=O)OCC)nnn1Cc1ccc(O)cc1. The summed E-state index contributed by atoms with van der Waals surface area (Å²) in [6, 6.07) is 6.88. The number of hydrogen-bond acceptors (Lipinski definition) is 5. The molecule has 0 unspecified atom stereocenters. The van der Waals surface area contributed by atoms with E-state index in [1.54, 1.807) is 23.7 Å². The minimum absolute atomic E-state index is 0.221. The van der Waals surface area contributed by atoms with Gasteiger partial charge in [-0.1, -0.05) is 30.7 Å². The standard InChI is InChI=1S/C15H19N3O3/c1-3-5-13-14(15(20)21-4-2)16-17-18(13)10-11-6-8-12(19)9-7-11/h6-9,19H,3-5,10H2,1-2H3. The second-order valence-electron chi connectivity index (χ2n) is 4.68. The summed E-state index contributed by atoms with van der Waals surface area (Å²) in [5.74, 6) is -0.212. The van der Waals surface area contributed by atoms with Crippen molar-refractivity contribution in [3.8, 4) is 5.75 Å². The Hall–Kier alpha value is -2.37. The molecule has 6 heteroatoms. The van der Waals surface area contributed by atoms with E-state index in [0.29, 0.717) is 19.6 Å². The normalized spacial score (nSPS) is 10.6. The summed E-state index contributed by atoms with van der Waals surface area (Å²) in [6.07, 6.45) is 1.59. The highest BCUT2D eigenvalue weighted by atomic mass is 16.5. The molecular formula is C15H19N3O3. The molecule has 21 heavy (non-hydrogen) atoms. The Bertz CT molecular complexity index is 605. The molecule has 0 bridgehead atoms. The van der Waals surface area contributed by atoms with Crippen LogP contribution in [0.2, 0.25) is 0 Å². The number of nitrogens with zero attached hydrogens (tertiary/aromatic N) is 3. The predicted octanol–water partition coefficient (Wildman–Crippen LogP) is 2.16. The maximum absolute atomic E-state index is 11.9. The van der Waals surface area contributed by atoms with E-state index in [2.05, 4.69) is 10.3 Å². The maximum atomic E-state index is 11.9. The Morgan fingerprint density at radius 1 is 1.29 bits per heavy atom. The molecule has 0 aliphatic rings. The molecule has 2 rings (SSSR count). The lowest BCUT2D eigenvalue weighted by Gasteiger charge is -2.07. The molecule has 0 fully saturated rings. The molecule has 0 radical (unpaired) electrons. The van der Waals surface area contributed by atoms with Gasteiger partial charge in [-0.15, -0.1) is 5.10 Å². The molecule has 1 aromatic carbocycles. The number of aromatic hydroxyl groups is 1. The van der Waals surface area contributed by atoms with E-state index < -0.39 is 5.97 Å². The summed E-state index contributed by atoms with van der Waals surface area (Å²) >= 11 is 0. The molecule has 112 valence electrons. The third kappa shape index (κ3) is 3.59. The van der Waals surface area contributed by atoms with E-state index >= 15 is 0 Å². The first kappa shape index (κ1) is 15.0. The quantitative estimate of drug-likeness (QED) is 0.825. The highest BCUT2D eigenvalue weighted by molar-refractivity contribution is 5.88. The average molecular weight is 289 g/mol. The first-order valence-corrected chi connectivity index (χ1v) is 7.03. The smallest absolute Gasteiger partial charge is 0.360 e. The van der Waals surface area contributed by atoms with Gasteiger partial charge in [-0.25, -0.2) is 9.48 Å². The van der Waals surface area contributed by atoms with Crippen molar-refractivity contribution >= 4 is 5.97 Å². The highest BCUT2D eigenvalue weighted by Gasteiger charge is 2.20. The molecule has 6 nitrogen and oxygen atoms in total. The van der Waals surface area contributed by atoms with E-state index in [0.717, 1.165) is 17.7 Å². The van der Waals surface area contributed by atoms with Crippen LogP contribution in [0.1, 0.15) is 42.0 Å². The first-order chi connectivity index (χ1) is 10.2. The number of rotatable bonds is 6. The van der Waals surface area contributed by atoms with Gasteiger partial charge < -0.3 is 9.84 Å². The number of aromatic nitrogens is 3. The lowest BCUT2D eigenvalue weighted by atomic mass is 10.2. The fraction of sp³-hybridized carbons (Fsp3) is 0.400. The monoisotopic (exact) mass is 289 g/mol. The van der Waals surface area contributed by atoms with Crippen LogP contribution in [0, 0.1) is 0 Å². The number of ether oxygens (including phenoxy) is 1. The molecule has 2 aromatic rings. The van der Waals surface area contributed by atoms with Crippen LogP contribution in [0.25, 0.3) is 0 Å². The number of esters is 1.